The smallest absolute Gasteiger partial charge is 0.272 e. The van der Waals surface area contributed by atoms with Gasteiger partial charge in [-0.05, 0) is 64.6 Å². The largest absolute Gasteiger partial charge is 0.350 e. The van der Waals surface area contributed by atoms with Crippen molar-refractivity contribution in [2.24, 2.45) is 0 Å². The highest BCUT2D eigenvalue weighted by molar-refractivity contribution is 14.1. The van der Waals surface area contributed by atoms with E-state index in [1.165, 1.54) is 5.56 Å². The van der Waals surface area contributed by atoms with Crippen LogP contribution in [0.4, 0.5) is 17.2 Å². The Morgan fingerprint density at radius 2 is 1.81 bits per heavy atom. The maximum atomic E-state index is 12.8. The van der Waals surface area contributed by atoms with Gasteiger partial charge in [-0.25, -0.2) is 9.97 Å². The Balaban J connectivity index is 1.19. The molecule has 0 aliphatic carbocycles. The summed E-state index contributed by atoms with van der Waals surface area (Å²) < 4.78 is 0.872. The first-order valence-corrected chi connectivity index (χ1v) is 12.9. The van der Waals surface area contributed by atoms with Crippen LogP contribution < -0.4 is 21.5 Å². The molecule has 1 saturated heterocycles. The maximum Gasteiger partial charge on any atom is 0.272 e. The number of aromatic nitrogens is 4. The van der Waals surface area contributed by atoms with Crippen LogP contribution in [0.25, 0.3) is 22.3 Å². The molecule has 1 fully saturated rings. The minimum absolute atomic E-state index is 0.212. The van der Waals surface area contributed by atoms with Gasteiger partial charge in [0.25, 0.3) is 5.91 Å². The zero-order chi connectivity index (χ0) is 25.2. The molecule has 5 aromatic rings. The number of benzene rings is 2. The van der Waals surface area contributed by atoms with Crippen LogP contribution in [0.3, 0.4) is 0 Å². The highest BCUT2D eigenvalue weighted by Crippen LogP contribution is 2.26. The molecule has 37 heavy (non-hydrogen) atoms. The van der Waals surface area contributed by atoms with Crippen LogP contribution >= 0.6 is 22.6 Å². The van der Waals surface area contributed by atoms with Gasteiger partial charge in [-0.2, -0.15) is 0 Å². The first-order valence-electron chi connectivity index (χ1n) is 11.8. The molecule has 0 saturated carbocycles. The number of fused-ring (bicyclic) bond motifs is 1. The zero-order valence-electron chi connectivity index (χ0n) is 19.6. The van der Waals surface area contributed by atoms with E-state index in [0.29, 0.717) is 23.3 Å². The Morgan fingerprint density at radius 1 is 0.973 bits per heavy atom. The van der Waals surface area contributed by atoms with Crippen LogP contribution in [-0.4, -0.2) is 38.9 Å². The molecular weight excluding hydrogens is 579 g/mol. The van der Waals surface area contributed by atoms with Crippen molar-refractivity contribution in [1.82, 2.24) is 30.8 Å². The summed E-state index contributed by atoms with van der Waals surface area (Å²) in [5, 5.41) is 7.23. The number of H-pyrrole nitrogens is 1. The van der Waals surface area contributed by atoms with E-state index >= 15 is 0 Å². The van der Waals surface area contributed by atoms with Gasteiger partial charge in [0.15, 0.2) is 5.82 Å². The third-order valence-corrected chi connectivity index (χ3v) is 7.14. The van der Waals surface area contributed by atoms with Gasteiger partial charge in [0.1, 0.15) is 11.5 Å². The SMILES string of the molecule is O=C(Nc1ccncc1I)c1cc2ccc(-c3nccc(Nc4ccc(C5CNNC5)cc4)n3)cc2[nH]1. The highest BCUT2D eigenvalue weighted by Gasteiger charge is 2.16. The maximum absolute atomic E-state index is 12.8. The van der Waals surface area contributed by atoms with Crippen molar-refractivity contribution in [3.8, 4) is 11.4 Å². The molecule has 2 aromatic carbocycles. The van der Waals surface area contributed by atoms with Crippen LogP contribution in [0.5, 0.6) is 0 Å². The third-order valence-electron chi connectivity index (χ3n) is 6.28. The molecule has 10 heteroatoms. The Bertz CT molecular complexity index is 1580. The highest BCUT2D eigenvalue weighted by atomic mass is 127. The number of carbonyl (C=O) groups is 1. The number of anilines is 3. The number of aromatic amines is 1. The number of pyridine rings is 1. The van der Waals surface area contributed by atoms with Crippen LogP contribution in [0.2, 0.25) is 0 Å². The Morgan fingerprint density at radius 3 is 2.62 bits per heavy atom. The second-order valence-electron chi connectivity index (χ2n) is 8.77. The molecule has 5 N–H and O–H groups in total. The molecule has 6 rings (SSSR count). The fourth-order valence-electron chi connectivity index (χ4n) is 4.31. The molecule has 0 unspecified atom stereocenters. The molecule has 184 valence electrons. The van der Waals surface area contributed by atoms with Gasteiger partial charge in [-0.1, -0.05) is 24.3 Å². The molecule has 1 amide bonds. The lowest BCUT2D eigenvalue weighted by Gasteiger charge is -2.11. The third kappa shape index (κ3) is 5.17. The fourth-order valence-corrected chi connectivity index (χ4v) is 4.78. The number of halogens is 1. The lowest BCUT2D eigenvalue weighted by Crippen LogP contribution is -2.21. The van der Waals surface area contributed by atoms with Gasteiger partial charge in [-0.3, -0.25) is 20.6 Å². The van der Waals surface area contributed by atoms with Gasteiger partial charge in [0.2, 0.25) is 0 Å². The minimum Gasteiger partial charge on any atom is -0.350 e. The van der Waals surface area contributed by atoms with Crippen molar-refractivity contribution in [3.63, 3.8) is 0 Å². The normalized spacial score (nSPS) is 13.6. The number of hydrogen-bond donors (Lipinski definition) is 5. The van der Waals surface area contributed by atoms with Gasteiger partial charge in [0.05, 0.1) is 9.26 Å². The molecule has 0 bridgehead atoms. The van der Waals surface area contributed by atoms with Crippen molar-refractivity contribution >= 4 is 56.6 Å². The van der Waals surface area contributed by atoms with Gasteiger partial charge >= 0.3 is 0 Å². The summed E-state index contributed by atoms with van der Waals surface area (Å²) in [4.78, 5) is 29.3. The van der Waals surface area contributed by atoms with E-state index in [9.17, 15) is 4.79 Å². The van der Waals surface area contributed by atoms with Crippen molar-refractivity contribution < 1.29 is 4.79 Å². The van der Waals surface area contributed by atoms with Gasteiger partial charge in [-0.15, -0.1) is 0 Å². The number of nitrogens with zero attached hydrogens (tertiary/aromatic N) is 3. The van der Waals surface area contributed by atoms with E-state index in [0.717, 1.165) is 44.5 Å². The Labute approximate surface area is 226 Å². The molecular formula is C27H23IN8O. The Kier molecular flexibility index (Phi) is 6.51. The van der Waals surface area contributed by atoms with E-state index in [4.69, 9.17) is 4.98 Å². The van der Waals surface area contributed by atoms with E-state index in [-0.39, 0.29) is 5.91 Å². The predicted molar refractivity (Wildman–Crippen MR) is 153 cm³/mol. The minimum atomic E-state index is -0.212. The van der Waals surface area contributed by atoms with Crippen molar-refractivity contribution in [1.29, 1.82) is 0 Å². The van der Waals surface area contributed by atoms with E-state index in [1.54, 1.807) is 24.7 Å². The quantitative estimate of drug-likeness (QED) is 0.177. The topological polar surface area (TPSA) is 120 Å². The van der Waals surface area contributed by atoms with E-state index < -0.39 is 0 Å². The zero-order valence-corrected chi connectivity index (χ0v) is 21.8. The molecule has 0 radical (unpaired) electrons. The monoisotopic (exact) mass is 602 g/mol. The summed E-state index contributed by atoms with van der Waals surface area (Å²) in [5.74, 6) is 1.57. The summed E-state index contributed by atoms with van der Waals surface area (Å²) in [7, 11) is 0. The average molecular weight is 602 g/mol. The first-order chi connectivity index (χ1) is 18.1. The first kappa shape index (κ1) is 23.5. The van der Waals surface area contributed by atoms with E-state index in [1.807, 2.05) is 30.3 Å². The number of nitrogens with one attached hydrogen (secondary N) is 5. The van der Waals surface area contributed by atoms with Crippen LogP contribution in [0.1, 0.15) is 22.0 Å². The summed E-state index contributed by atoms with van der Waals surface area (Å²) in [5.41, 5.74) is 11.5. The standard InChI is InChI=1S/C27H23IN8O/c28-21-15-29-9-7-22(21)35-27(37)24-11-17-1-2-18(12-23(17)34-24)26-30-10-8-25(36-26)33-20-5-3-16(4-6-20)19-13-31-32-14-19/h1-12,15,19,31-32,34H,13-14H2,(H,29,35,37)(H,30,33,36). The second kappa shape index (κ2) is 10.2. The fraction of sp³-hybridized carbons (Fsp3) is 0.111. The lowest BCUT2D eigenvalue weighted by molar-refractivity contribution is 0.102. The summed E-state index contributed by atoms with van der Waals surface area (Å²) in [6.45, 7) is 1.87. The number of hydrazine groups is 1. The molecule has 1 aliphatic rings. The van der Waals surface area contributed by atoms with E-state index in [2.05, 4.69) is 83.3 Å². The van der Waals surface area contributed by atoms with Gasteiger partial charge < -0.3 is 15.6 Å². The van der Waals surface area contributed by atoms with Crippen LogP contribution in [0, 0.1) is 3.57 Å². The average Bonchev–Trinajstić information content (AvgIpc) is 3.61. The van der Waals surface area contributed by atoms with Crippen LogP contribution in [-0.2, 0) is 0 Å². The summed E-state index contributed by atoms with van der Waals surface area (Å²) in [6, 6.07) is 19.8. The van der Waals surface area contributed by atoms with Gasteiger partial charge in [0, 0.05) is 59.8 Å². The molecule has 0 spiro atoms. The summed E-state index contributed by atoms with van der Waals surface area (Å²) >= 11 is 2.15. The Hall–Kier alpha value is -3.87. The number of hydrogen-bond acceptors (Lipinski definition) is 7. The molecule has 4 heterocycles. The molecule has 1 aliphatic heterocycles. The number of carbonyl (C=O) groups excluding carboxylic acids is 1. The van der Waals surface area contributed by atoms with Crippen molar-refractivity contribution in [3.05, 3.63) is 94.1 Å². The molecule has 0 atom stereocenters. The number of amides is 1. The summed E-state index contributed by atoms with van der Waals surface area (Å²) in [6.07, 6.45) is 5.10. The van der Waals surface area contributed by atoms with Crippen molar-refractivity contribution in [2.75, 3.05) is 23.7 Å². The lowest BCUT2D eigenvalue weighted by atomic mass is 10.0. The predicted octanol–water partition coefficient (Wildman–Crippen LogP) is 4.81. The van der Waals surface area contributed by atoms with Crippen molar-refractivity contribution in [2.45, 2.75) is 5.92 Å². The second-order valence-corrected chi connectivity index (χ2v) is 9.93. The molecule has 9 nitrogen and oxygen atoms in total. The van der Waals surface area contributed by atoms with Crippen LogP contribution in [0.15, 0.2) is 79.3 Å². The number of rotatable bonds is 6. The molecule has 3 aromatic heterocycles.